The van der Waals surface area contributed by atoms with E-state index in [0.29, 0.717) is 12.0 Å². The van der Waals surface area contributed by atoms with Crippen molar-refractivity contribution in [3.8, 4) is 11.1 Å². The molecule has 1 saturated carbocycles. The van der Waals surface area contributed by atoms with Crippen molar-refractivity contribution in [1.29, 1.82) is 0 Å². The van der Waals surface area contributed by atoms with Crippen molar-refractivity contribution in [2.75, 3.05) is 7.05 Å². The van der Waals surface area contributed by atoms with Crippen LogP contribution in [0.15, 0.2) is 48.5 Å². The number of allylic oxidation sites excluding steroid dienone is 1. The van der Waals surface area contributed by atoms with Crippen molar-refractivity contribution >= 4 is 17.9 Å². The normalized spacial score (nSPS) is 19.8. The van der Waals surface area contributed by atoms with Gasteiger partial charge in [0.1, 0.15) is 0 Å². The number of carbonyl (C=O) groups excluding carboxylic acids is 2. The van der Waals surface area contributed by atoms with E-state index in [0.717, 1.165) is 31.2 Å². The number of benzene rings is 2. The maximum absolute atomic E-state index is 12.9. The second-order valence-corrected chi connectivity index (χ2v) is 8.10. The van der Waals surface area contributed by atoms with Gasteiger partial charge in [0.15, 0.2) is 0 Å². The number of amides is 2. The highest BCUT2D eigenvalue weighted by Gasteiger charge is 2.30. The van der Waals surface area contributed by atoms with E-state index >= 15 is 0 Å². The maximum Gasteiger partial charge on any atom is 0.253 e. The van der Waals surface area contributed by atoms with Crippen LogP contribution in [-0.4, -0.2) is 35.8 Å². The van der Waals surface area contributed by atoms with Crippen LogP contribution in [-0.2, 0) is 11.2 Å². The molecule has 2 amide bonds. The van der Waals surface area contributed by atoms with Crippen molar-refractivity contribution in [3.63, 3.8) is 0 Å². The zero-order chi connectivity index (χ0) is 20.4. The van der Waals surface area contributed by atoms with E-state index in [9.17, 15) is 9.59 Å². The summed E-state index contributed by atoms with van der Waals surface area (Å²) in [5.41, 5.74) is 5.67. The zero-order valence-electron chi connectivity index (χ0n) is 17.2. The van der Waals surface area contributed by atoms with Crippen LogP contribution in [0.3, 0.4) is 0 Å². The number of nitrogens with zero attached hydrogens (tertiary/aromatic N) is 1. The first-order valence-electron chi connectivity index (χ1n) is 10.5. The second-order valence-electron chi connectivity index (χ2n) is 8.10. The van der Waals surface area contributed by atoms with E-state index in [1.54, 1.807) is 0 Å². The summed E-state index contributed by atoms with van der Waals surface area (Å²) in [5, 5.41) is 3.05. The molecule has 2 aromatic carbocycles. The highest BCUT2D eigenvalue weighted by atomic mass is 16.2. The predicted octanol–water partition coefficient (Wildman–Crippen LogP) is 4.44. The lowest BCUT2D eigenvalue weighted by molar-refractivity contribution is -0.121. The van der Waals surface area contributed by atoms with Crippen molar-refractivity contribution in [2.24, 2.45) is 0 Å². The highest BCUT2D eigenvalue weighted by molar-refractivity contribution is 5.94. The molecule has 0 saturated heterocycles. The quantitative estimate of drug-likeness (QED) is 0.823. The molecule has 150 valence electrons. The molecule has 0 spiro atoms. The lowest BCUT2D eigenvalue weighted by atomic mass is 9.99. The molecule has 0 heterocycles. The molecule has 0 aliphatic heterocycles. The average Bonchev–Trinajstić information content (AvgIpc) is 3.41. The molecular weight excluding hydrogens is 360 g/mol. The standard InChI is InChI=1S/C25H28N2O2/c1-3-24(28)26-22-13-14-23(16-22)27(2)25(29)19-10-7-18(8-11-19)21-12-9-17-5-4-6-20(17)15-21/h4-5,7-12,15,22-23H,3,6,13-14,16H2,1-2H3,(H,26,28)/t22-,23+/m0/s1. The first-order chi connectivity index (χ1) is 14.0. The molecule has 2 aliphatic carbocycles. The molecule has 1 fully saturated rings. The molecule has 4 nitrogen and oxygen atoms in total. The fourth-order valence-corrected chi connectivity index (χ4v) is 4.38. The Morgan fingerprint density at radius 1 is 1.07 bits per heavy atom. The topological polar surface area (TPSA) is 49.4 Å². The van der Waals surface area contributed by atoms with Gasteiger partial charge in [-0.1, -0.05) is 49.4 Å². The third-order valence-electron chi connectivity index (χ3n) is 6.20. The number of fused-ring (bicyclic) bond motifs is 1. The Hall–Kier alpha value is -2.88. The molecule has 0 aromatic heterocycles. The fraction of sp³-hybridized carbons (Fsp3) is 0.360. The fourth-order valence-electron chi connectivity index (χ4n) is 4.38. The lowest BCUT2D eigenvalue weighted by Crippen LogP contribution is -2.38. The van der Waals surface area contributed by atoms with Crippen LogP contribution in [0, 0.1) is 0 Å². The van der Waals surface area contributed by atoms with Crippen molar-refractivity contribution in [1.82, 2.24) is 10.2 Å². The predicted molar refractivity (Wildman–Crippen MR) is 117 cm³/mol. The van der Waals surface area contributed by atoms with Gasteiger partial charge in [0.25, 0.3) is 5.91 Å². The molecule has 0 unspecified atom stereocenters. The Morgan fingerprint density at radius 3 is 2.59 bits per heavy atom. The van der Waals surface area contributed by atoms with E-state index < -0.39 is 0 Å². The van der Waals surface area contributed by atoms with Gasteiger partial charge in [-0.25, -0.2) is 0 Å². The third-order valence-corrected chi connectivity index (χ3v) is 6.20. The molecular formula is C25H28N2O2. The molecule has 4 rings (SSSR count). The summed E-state index contributed by atoms with van der Waals surface area (Å²) >= 11 is 0. The Bertz CT molecular complexity index is 946. The Morgan fingerprint density at radius 2 is 1.83 bits per heavy atom. The van der Waals surface area contributed by atoms with E-state index in [1.807, 2.05) is 43.1 Å². The average molecular weight is 389 g/mol. The SMILES string of the molecule is CCC(=O)N[C@H]1CC[C@@H](N(C)C(=O)c2ccc(-c3ccc4c(c3)CC=C4)cc2)C1. The van der Waals surface area contributed by atoms with Gasteiger partial charge in [0, 0.05) is 31.1 Å². The lowest BCUT2D eigenvalue weighted by Gasteiger charge is -2.25. The van der Waals surface area contributed by atoms with Crippen LogP contribution in [0.4, 0.5) is 0 Å². The number of rotatable bonds is 5. The molecule has 2 atom stereocenters. The smallest absolute Gasteiger partial charge is 0.253 e. The minimum absolute atomic E-state index is 0.0437. The Balaban J connectivity index is 1.41. The van der Waals surface area contributed by atoms with Crippen LogP contribution in [0.1, 0.15) is 54.1 Å². The van der Waals surface area contributed by atoms with Gasteiger partial charge in [-0.3, -0.25) is 9.59 Å². The van der Waals surface area contributed by atoms with E-state index in [1.165, 1.54) is 16.7 Å². The zero-order valence-corrected chi connectivity index (χ0v) is 17.2. The molecule has 2 aromatic rings. The summed E-state index contributed by atoms with van der Waals surface area (Å²) in [6, 6.07) is 14.8. The molecule has 0 radical (unpaired) electrons. The summed E-state index contributed by atoms with van der Waals surface area (Å²) < 4.78 is 0. The number of hydrogen-bond donors (Lipinski definition) is 1. The van der Waals surface area contributed by atoms with Gasteiger partial charge in [-0.15, -0.1) is 0 Å². The van der Waals surface area contributed by atoms with Crippen molar-refractivity contribution in [3.05, 3.63) is 65.2 Å². The largest absolute Gasteiger partial charge is 0.353 e. The summed E-state index contributed by atoms with van der Waals surface area (Å²) in [6.07, 6.45) is 8.54. The summed E-state index contributed by atoms with van der Waals surface area (Å²) in [6.45, 7) is 1.86. The van der Waals surface area contributed by atoms with Crippen LogP contribution in [0.2, 0.25) is 0 Å². The van der Waals surface area contributed by atoms with Gasteiger partial charge in [-0.2, -0.15) is 0 Å². The second kappa shape index (κ2) is 8.24. The minimum Gasteiger partial charge on any atom is -0.353 e. The van der Waals surface area contributed by atoms with E-state index in [2.05, 4.69) is 35.7 Å². The van der Waals surface area contributed by atoms with Crippen molar-refractivity contribution in [2.45, 2.75) is 51.1 Å². The first kappa shape index (κ1) is 19.4. The third kappa shape index (κ3) is 4.12. The molecule has 2 aliphatic rings. The molecule has 0 bridgehead atoms. The summed E-state index contributed by atoms with van der Waals surface area (Å²) in [7, 11) is 1.87. The molecule has 4 heteroatoms. The number of carbonyl (C=O) groups is 2. The molecule has 1 N–H and O–H groups in total. The van der Waals surface area contributed by atoms with E-state index in [4.69, 9.17) is 0 Å². The Labute approximate surface area is 172 Å². The van der Waals surface area contributed by atoms with Gasteiger partial charge in [-0.05, 0) is 60.1 Å². The maximum atomic E-state index is 12.9. The van der Waals surface area contributed by atoms with Crippen LogP contribution >= 0.6 is 0 Å². The van der Waals surface area contributed by atoms with Crippen molar-refractivity contribution < 1.29 is 9.59 Å². The van der Waals surface area contributed by atoms with E-state index in [-0.39, 0.29) is 23.9 Å². The number of hydrogen-bond acceptors (Lipinski definition) is 2. The van der Waals surface area contributed by atoms with Crippen LogP contribution < -0.4 is 5.32 Å². The van der Waals surface area contributed by atoms with Gasteiger partial charge in [0.05, 0.1) is 0 Å². The van der Waals surface area contributed by atoms with Crippen LogP contribution in [0.25, 0.3) is 17.2 Å². The minimum atomic E-state index is 0.0437. The number of nitrogens with one attached hydrogen (secondary N) is 1. The Kier molecular flexibility index (Phi) is 5.52. The highest BCUT2D eigenvalue weighted by Crippen LogP contribution is 2.28. The van der Waals surface area contributed by atoms with Gasteiger partial charge >= 0.3 is 0 Å². The van der Waals surface area contributed by atoms with Crippen LogP contribution in [0.5, 0.6) is 0 Å². The van der Waals surface area contributed by atoms with Gasteiger partial charge in [0.2, 0.25) is 5.91 Å². The summed E-state index contributed by atoms with van der Waals surface area (Å²) in [5.74, 6) is 0.129. The molecule has 29 heavy (non-hydrogen) atoms. The van der Waals surface area contributed by atoms with Gasteiger partial charge < -0.3 is 10.2 Å². The monoisotopic (exact) mass is 388 g/mol. The summed E-state index contributed by atoms with van der Waals surface area (Å²) in [4.78, 5) is 26.4. The first-order valence-corrected chi connectivity index (χ1v) is 10.5.